The van der Waals surface area contributed by atoms with Crippen LogP contribution in [0.5, 0.6) is 23.0 Å². The summed E-state index contributed by atoms with van der Waals surface area (Å²) >= 11 is 0. The van der Waals surface area contributed by atoms with Crippen LogP contribution < -0.4 is 14.2 Å². The molecule has 8 nitrogen and oxygen atoms in total. The van der Waals surface area contributed by atoms with E-state index in [1.807, 2.05) is 0 Å². The summed E-state index contributed by atoms with van der Waals surface area (Å²) in [4.78, 5) is 12.8. The number of ketones is 1. The molecular formula is C18H17N3O5. The molecule has 0 unspecified atom stereocenters. The highest BCUT2D eigenvalue weighted by molar-refractivity contribution is 6.12. The summed E-state index contributed by atoms with van der Waals surface area (Å²) in [5.41, 5.74) is 1.06. The molecule has 134 valence electrons. The lowest BCUT2D eigenvalue weighted by Crippen LogP contribution is -2.04. The number of nitrogens with zero attached hydrogens (tertiary/aromatic N) is 2. The molecule has 1 heterocycles. The molecule has 3 aromatic rings. The number of phenolic OH excluding ortho intramolecular Hbond substituents is 1. The molecule has 0 fully saturated rings. The molecule has 0 bridgehead atoms. The van der Waals surface area contributed by atoms with Crippen molar-refractivity contribution in [3.63, 3.8) is 0 Å². The highest BCUT2D eigenvalue weighted by Gasteiger charge is 2.24. The summed E-state index contributed by atoms with van der Waals surface area (Å²) in [6.07, 6.45) is 0. The van der Waals surface area contributed by atoms with E-state index in [1.165, 1.54) is 33.5 Å². The summed E-state index contributed by atoms with van der Waals surface area (Å²) in [5.74, 6) is 0.685. The molecule has 0 amide bonds. The molecular weight excluding hydrogens is 338 g/mol. The Morgan fingerprint density at radius 2 is 1.65 bits per heavy atom. The van der Waals surface area contributed by atoms with Crippen molar-refractivity contribution in [2.24, 2.45) is 0 Å². The van der Waals surface area contributed by atoms with Crippen molar-refractivity contribution in [3.05, 3.63) is 47.7 Å². The van der Waals surface area contributed by atoms with E-state index in [0.717, 1.165) is 0 Å². The van der Waals surface area contributed by atoms with Crippen LogP contribution in [0.3, 0.4) is 0 Å². The summed E-state index contributed by atoms with van der Waals surface area (Å²) in [6.45, 7) is 0. The molecule has 0 aliphatic carbocycles. The minimum atomic E-state index is -0.458. The van der Waals surface area contributed by atoms with Crippen LogP contribution in [-0.4, -0.2) is 47.6 Å². The molecule has 0 atom stereocenters. The molecule has 1 aromatic heterocycles. The summed E-state index contributed by atoms with van der Waals surface area (Å²) < 4.78 is 16.0. The Morgan fingerprint density at radius 3 is 2.23 bits per heavy atom. The Hall–Kier alpha value is -3.55. The summed E-state index contributed by atoms with van der Waals surface area (Å²) in [7, 11) is 4.50. The maximum absolute atomic E-state index is 12.8. The normalized spacial score (nSPS) is 10.4. The highest BCUT2D eigenvalue weighted by Crippen LogP contribution is 2.41. The number of aromatic amines is 1. The lowest BCUT2D eigenvalue weighted by molar-refractivity contribution is 0.103. The molecule has 0 aliphatic heterocycles. The number of para-hydroxylation sites is 1. The van der Waals surface area contributed by atoms with E-state index >= 15 is 0 Å². The van der Waals surface area contributed by atoms with Gasteiger partial charge in [-0.05, 0) is 24.3 Å². The van der Waals surface area contributed by atoms with E-state index in [-0.39, 0.29) is 17.0 Å². The fourth-order valence-electron chi connectivity index (χ4n) is 2.60. The van der Waals surface area contributed by atoms with E-state index in [1.54, 1.807) is 24.3 Å². The van der Waals surface area contributed by atoms with E-state index in [2.05, 4.69) is 15.4 Å². The highest BCUT2D eigenvalue weighted by atomic mass is 16.5. The number of H-pyrrole nitrogens is 1. The van der Waals surface area contributed by atoms with Crippen molar-refractivity contribution in [2.45, 2.75) is 0 Å². The molecule has 0 aliphatic rings. The number of phenols is 1. The van der Waals surface area contributed by atoms with Gasteiger partial charge in [0.15, 0.2) is 17.2 Å². The third-order valence-corrected chi connectivity index (χ3v) is 3.85. The van der Waals surface area contributed by atoms with E-state index in [0.29, 0.717) is 28.5 Å². The number of carbonyl (C=O) groups excluding carboxylic acids is 1. The van der Waals surface area contributed by atoms with Gasteiger partial charge in [0.2, 0.25) is 11.5 Å². The number of hydrogen-bond donors (Lipinski definition) is 2. The Labute approximate surface area is 149 Å². The first-order valence-electron chi connectivity index (χ1n) is 7.64. The largest absolute Gasteiger partial charge is 0.507 e. The van der Waals surface area contributed by atoms with Crippen molar-refractivity contribution >= 4 is 5.78 Å². The molecule has 8 heteroatoms. The van der Waals surface area contributed by atoms with Crippen LogP contribution in [0.4, 0.5) is 0 Å². The lowest BCUT2D eigenvalue weighted by Gasteiger charge is -2.13. The van der Waals surface area contributed by atoms with Crippen LogP contribution in [-0.2, 0) is 0 Å². The lowest BCUT2D eigenvalue weighted by atomic mass is 10.0. The van der Waals surface area contributed by atoms with E-state index < -0.39 is 5.78 Å². The van der Waals surface area contributed by atoms with E-state index in [9.17, 15) is 9.90 Å². The number of aromatic nitrogens is 3. The second-order valence-electron chi connectivity index (χ2n) is 5.28. The molecule has 0 saturated carbocycles. The average Bonchev–Trinajstić information content (AvgIpc) is 3.16. The number of nitrogens with one attached hydrogen (secondary N) is 1. The number of aromatic hydroxyl groups is 1. The molecule has 2 aromatic carbocycles. The smallest absolute Gasteiger partial charge is 0.219 e. The number of methoxy groups -OCH3 is 3. The Kier molecular flexibility index (Phi) is 4.74. The number of benzene rings is 2. The SMILES string of the molecule is COc1cc(-c2n[nH]nc2C(=O)c2ccccc2O)cc(OC)c1OC. The molecule has 3 rings (SSSR count). The van der Waals surface area contributed by atoms with Crippen molar-refractivity contribution in [3.8, 4) is 34.3 Å². The Balaban J connectivity index is 2.12. The Bertz CT molecular complexity index is 926. The van der Waals surface area contributed by atoms with Gasteiger partial charge in [0, 0.05) is 5.56 Å². The second kappa shape index (κ2) is 7.14. The minimum Gasteiger partial charge on any atom is -0.507 e. The predicted molar refractivity (Wildman–Crippen MR) is 93.0 cm³/mol. The summed E-state index contributed by atoms with van der Waals surface area (Å²) in [5, 5.41) is 20.4. The maximum atomic E-state index is 12.8. The zero-order chi connectivity index (χ0) is 18.7. The first-order valence-corrected chi connectivity index (χ1v) is 7.64. The van der Waals surface area contributed by atoms with Gasteiger partial charge in [-0.25, -0.2) is 0 Å². The fourth-order valence-corrected chi connectivity index (χ4v) is 2.60. The predicted octanol–water partition coefficient (Wildman–Crippen LogP) is 2.43. The monoisotopic (exact) mass is 355 g/mol. The van der Waals surface area contributed by atoms with Gasteiger partial charge in [0.05, 0.1) is 26.9 Å². The van der Waals surface area contributed by atoms with E-state index in [4.69, 9.17) is 14.2 Å². The molecule has 0 spiro atoms. The van der Waals surface area contributed by atoms with Gasteiger partial charge in [0.25, 0.3) is 0 Å². The molecule has 0 radical (unpaired) electrons. The van der Waals surface area contributed by atoms with Crippen LogP contribution in [0.15, 0.2) is 36.4 Å². The minimum absolute atomic E-state index is 0.0702. The van der Waals surface area contributed by atoms with Gasteiger partial charge in [0.1, 0.15) is 11.4 Å². The van der Waals surface area contributed by atoms with Crippen molar-refractivity contribution in [1.82, 2.24) is 15.4 Å². The van der Waals surface area contributed by atoms with Gasteiger partial charge in [-0.15, -0.1) is 0 Å². The van der Waals surface area contributed by atoms with Gasteiger partial charge < -0.3 is 19.3 Å². The average molecular weight is 355 g/mol. The van der Waals surface area contributed by atoms with Crippen LogP contribution >= 0.6 is 0 Å². The van der Waals surface area contributed by atoms with Crippen molar-refractivity contribution in [2.75, 3.05) is 21.3 Å². The first kappa shape index (κ1) is 17.3. The van der Waals surface area contributed by atoms with Crippen LogP contribution in [0.2, 0.25) is 0 Å². The molecule has 0 saturated heterocycles. The third-order valence-electron chi connectivity index (χ3n) is 3.85. The van der Waals surface area contributed by atoms with Gasteiger partial charge in [-0.2, -0.15) is 15.4 Å². The Morgan fingerprint density at radius 1 is 1.00 bits per heavy atom. The second-order valence-corrected chi connectivity index (χ2v) is 5.28. The standard InChI is InChI=1S/C18H17N3O5/c1-24-13-8-10(9-14(25-2)18(13)26-3)15-16(20-21-19-15)17(23)11-6-4-5-7-12(11)22/h4-9,22H,1-3H3,(H,19,20,21). The topological polar surface area (TPSA) is 107 Å². The van der Waals surface area contributed by atoms with Gasteiger partial charge in [-0.3, -0.25) is 4.79 Å². The fraction of sp³-hybridized carbons (Fsp3) is 0.167. The zero-order valence-electron chi connectivity index (χ0n) is 14.4. The summed E-state index contributed by atoms with van der Waals surface area (Å²) in [6, 6.07) is 9.58. The van der Waals surface area contributed by atoms with Crippen LogP contribution in [0, 0.1) is 0 Å². The number of rotatable bonds is 6. The molecule has 26 heavy (non-hydrogen) atoms. The van der Waals surface area contributed by atoms with Crippen LogP contribution in [0.25, 0.3) is 11.3 Å². The number of hydrogen-bond acceptors (Lipinski definition) is 7. The van der Waals surface area contributed by atoms with Crippen molar-refractivity contribution in [1.29, 1.82) is 0 Å². The number of carbonyl (C=O) groups is 1. The first-order chi connectivity index (χ1) is 12.6. The van der Waals surface area contributed by atoms with Crippen molar-refractivity contribution < 1.29 is 24.1 Å². The van der Waals surface area contributed by atoms with Crippen LogP contribution in [0.1, 0.15) is 16.1 Å². The van der Waals surface area contributed by atoms with Gasteiger partial charge in [-0.1, -0.05) is 12.1 Å². The quantitative estimate of drug-likeness (QED) is 0.654. The maximum Gasteiger partial charge on any atom is 0.219 e. The molecule has 2 N–H and O–H groups in total. The third kappa shape index (κ3) is 2.92. The van der Waals surface area contributed by atoms with Gasteiger partial charge >= 0.3 is 0 Å². The number of ether oxygens (including phenoxy) is 3. The zero-order valence-corrected chi connectivity index (χ0v) is 14.4.